The van der Waals surface area contributed by atoms with Crippen molar-refractivity contribution in [2.75, 3.05) is 12.4 Å². The van der Waals surface area contributed by atoms with Crippen LogP contribution in [0.5, 0.6) is 5.75 Å². The molecule has 0 spiro atoms. The third kappa shape index (κ3) is 3.32. The van der Waals surface area contributed by atoms with Gasteiger partial charge in [-0.1, -0.05) is 11.6 Å². The maximum Gasteiger partial charge on any atom is 0.273 e. The van der Waals surface area contributed by atoms with Crippen molar-refractivity contribution in [2.45, 2.75) is 0 Å². The van der Waals surface area contributed by atoms with Crippen LogP contribution in [0.4, 0.5) is 5.69 Å². The fourth-order valence-electron chi connectivity index (χ4n) is 2.08. The summed E-state index contributed by atoms with van der Waals surface area (Å²) in [4.78, 5) is 16.3. The van der Waals surface area contributed by atoms with Crippen LogP contribution in [0.2, 0.25) is 5.02 Å². The first-order valence-electron chi connectivity index (χ1n) is 6.78. The zero-order valence-electron chi connectivity index (χ0n) is 12.2. The number of anilines is 1. The van der Waals surface area contributed by atoms with Crippen LogP contribution in [0, 0.1) is 0 Å². The Balaban J connectivity index is 1.82. The van der Waals surface area contributed by atoms with Crippen LogP contribution in [0.1, 0.15) is 10.5 Å². The first kappa shape index (κ1) is 15.1. The van der Waals surface area contributed by atoms with E-state index in [4.69, 9.17) is 16.3 Å². The molecule has 7 heteroatoms. The minimum absolute atomic E-state index is 0.332. The van der Waals surface area contributed by atoms with Gasteiger partial charge in [0.1, 0.15) is 11.4 Å². The van der Waals surface area contributed by atoms with Gasteiger partial charge in [0, 0.05) is 23.0 Å². The van der Waals surface area contributed by atoms with Crippen LogP contribution in [0.3, 0.4) is 0 Å². The Hall–Kier alpha value is -2.86. The number of H-pyrrole nitrogens is 1. The average molecular weight is 329 g/mol. The predicted octanol–water partition coefficient (Wildman–Crippen LogP) is 3.39. The van der Waals surface area contributed by atoms with Gasteiger partial charge in [0.15, 0.2) is 0 Å². The first-order chi connectivity index (χ1) is 11.2. The maximum absolute atomic E-state index is 12.3. The molecule has 0 aliphatic heterocycles. The van der Waals surface area contributed by atoms with E-state index < -0.39 is 0 Å². The lowest BCUT2D eigenvalue weighted by atomic mass is 10.2. The molecular weight excluding hydrogens is 316 g/mol. The van der Waals surface area contributed by atoms with Gasteiger partial charge in [-0.3, -0.25) is 14.9 Å². The zero-order chi connectivity index (χ0) is 16.2. The van der Waals surface area contributed by atoms with Gasteiger partial charge in [0.25, 0.3) is 5.91 Å². The monoisotopic (exact) mass is 328 g/mol. The van der Waals surface area contributed by atoms with Crippen LogP contribution in [-0.2, 0) is 0 Å². The molecule has 0 saturated heterocycles. The summed E-state index contributed by atoms with van der Waals surface area (Å²) in [5, 5.41) is 10.1. The van der Waals surface area contributed by atoms with Gasteiger partial charge in [-0.2, -0.15) is 5.10 Å². The summed E-state index contributed by atoms with van der Waals surface area (Å²) in [6.07, 6.45) is 3.33. The minimum Gasteiger partial charge on any atom is -0.495 e. The van der Waals surface area contributed by atoms with Gasteiger partial charge < -0.3 is 10.1 Å². The second-order valence-electron chi connectivity index (χ2n) is 4.70. The number of carbonyl (C=O) groups excluding carboxylic acids is 1. The Labute approximate surface area is 137 Å². The molecule has 1 amide bonds. The van der Waals surface area contributed by atoms with Crippen LogP contribution in [0.15, 0.2) is 48.8 Å². The van der Waals surface area contributed by atoms with Crippen molar-refractivity contribution in [1.82, 2.24) is 15.2 Å². The molecule has 2 N–H and O–H groups in total. The number of benzene rings is 1. The number of hydrogen-bond acceptors (Lipinski definition) is 4. The number of carbonyl (C=O) groups is 1. The number of pyridine rings is 1. The van der Waals surface area contributed by atoms with E-state index in [1.54, 1.807) is 36.7 Å². The topological polar surface area (TPSA) is 79.9 Å². The lowest BCUT2D eigenvalue weighted by Gasteiger charge is -2.09. The molecule has 0 unspecified atom stereocenters. The van der Waals surface area contributed by atoms with Crippen LogP contribution < -0.4 is 10.1 Å². The molecule has 0 aliphatic carbocycles. The SMILES string of the molecule is COc1ccc(Cl)cc1NC(=O)c1cc(-c2ccncc2)n[nH]1. The zero-order valence-corrected chi connectivity index (χ0v) is 13.0. The number of rotatable bonds is 4. The van der Waals surface area contributed by atoms with E-state index in [0.717, 1.165) is 5.56 Å². The van der Waals surface area contributed by atoms with Gasteiger partial charge in [-0.25, -0.2) is 0 Å². The molecule has 0 bridgehead atoms. The van der Waals surface area contributed by atoms with Crippen molar-refractivity contribution in [2.24, 2.45) is 0 Å². The molecule has 0 saturated carbocycles. The van der Waals surface area contributed by atoms with Gasteiger partial charge in [0.2, 0.25) is 0 Å². The molecule has 0 radical (unpaired) electrons. The minimum atomic E-state index is -0.335. The van der Waals surface area contributed by atoms with E-state index in [1.807, 2.05) is 12.1 Å². The molecular formula is C16H13ClN4O2. The quantitative estimate of drug-likeness (QED) is 0.769. The average Bonchev–Trinajstić information content (AvgIpc) is 3.06. The Bertz CT molecular complexity index is 833. The third-order valence-electron chi connectivity index (χ3n) is 3.21. The van der Waals surface area contributed by atoms with Gasteiger partial charge in [-0.05, 0) is 36.4 Å². The van der Waals surface area contributed by atoms with E-state index in [-0.39, 0.29) is 5.91 Å². The second-order valence-corrected chi connectivity index (χ2v) is 5.14. The van der Waals surface area contributed by atoms with Crippen molar-refractivity contribution in [3.05, 3.63) is 59.5 Å². The number of aromatic nitrogens is 3. The van der Waals surface area contributed by atoms with Crippen molar-refractivity contribution in [3.63, 3.8) is 0 Å². The second kappa shape index (κ2) is 6.50. The Kier molecular flexibility index (Phi) is 4.25. The van der Waals surface area contributed by atoms with E-state index >= 15 is 0 Å². The first-order valence-corrected chi connectivity index (χ1v) is 7.16. The summed E-state index contributed by atoms with van der Waals surface area (Å²) in [5.74, 6) is 0.190. The highest BCUT2D eigenvalue weighted by Gasteiger charge is 2.13. The number of nitrogens with one attached hydrogen (secondary N) is 2. The largest absolute Gasteiger partial charge is 0.495 e. The molecule has 3 aromatic rings. The number of halogens is 1. The van der Waals surface area contributed by atoms with Crippen molar-refractivity contribution in [1.29, 1.82) is 0 Å². The number of nitrogens with zero attached hydrogens (tertiary/aromatic N) is 2. The van der Waals surface area contributed by atoms with Crippen molar-refractivity contribution < 1.29 is 9.53 Å². The normalized spacial score (nSPS) is 10.3. The number of aromatic amines is 1. The fourth-order valence-corrected chi connectivity index (χ4v) is 2.25. The summed E-state index contributed by atoms with van der Waals surface area (Å²) in [6.45, 7) is 0. The summed E-state index contributed by atoms with van der Waals surface area (Å²) < 4.78 is 5.21. The standard InChI is InChI=1S/C16H13ClN4O2/c1-23-15-3-2-11(17)8-13(15)19-16(22)14-9-12(20-21-14)10-4-6-18-7-5-10/h2-9H,1H3,(H,19,22)(H,20,21). The molecule has 3 rings (SSSR count). The van der Waals surface area contributed by atoms with Crippen LogP contribution in [-0.4, -0.2) is 28.2 Å². The molecule has 0 aliphatic rings. The highest BCUT2D eigenvalue weighted by molar-refractivity contribution is 6.31. The molecule has 2 heterocycles. The van der Waals surface area contributed by atoms with Crippen LogP contribution in [0.25, 0.3) is 11.3 Å². The molecule has 116 valence electrons. The number of ether oxygens (including phenoxy) is 1. The molecule has 2 aromatic heterocycles. The lowest BCUT2D eigenvalue weighted by Crippen LogP contribution is -2.13. The summed E-state index contributed by atoms with van der Waals surface area (Å²) >= 11 is 5.95. The van der Waals surface area contributed by atoms with Gasteiger partial charge in [0.05, 0.1) is 18.5 Å². The van der Waals surface area contributed by atoms with Crippen molar-refractivity contribution >= 4 is 23.2 Å². The molecule has 0 atom stereocenters. The fraction of sp³-hybridized carbons (Fsp3) is 0.0625. The Morgan fingerprint density at radius 3 is 2.74 bits per heavy atom. The van der Waals surface area contributed by atoms with Crippen molar-refractivity contribution in [3.8, 4) is 17.0 Å². The Morgan fingerprint density at radius 2 is 2.00 bits per heavy atom. The van der Waals surface area contributed by atoms with Crippen LogP contribution >= 0.6 is 11.6 Å². The summed E-state index contributed by atoms with van der Waals surface area (Å²) in [5.41, 5.74) is 2.36. The summed E-state index contributed by atoms with van der Waals surface area (Å²) in [6, 6.07) is 10.3. The molecule has 1 aromatic carbocycles. The molecule has 23 heavy (non-hydrogen) atoms. The highest BCUT2D eigenvalue weighted by Crippen LogP contribution is 2.28. The highest BCUT2D eigenvalue weighted by atomic mass is 35.5. The third-order valence-corrected chi connectivity index (χ3v) is 3.44. The van der Waals surface area contributed by atoms with E-state index in [9.17, 15) is 4.79 Å². The summed E-state index contributed by atoms with van der Waals surface area (Å²) in [7, 11) is 1.52. The maximum atomic E-state index is 12.3. The lowest BCUT2D eigenvalue weighted by molar-refractivity contribution is 0.102. The predicted molar refractivity (Wildman–Crippen MR) is 87.8 cm³/mol. The smallest absolute Gasteiger partial charge is 0.273 e. The van der Waals surface area contributed by atoms with E-state index in [2.05, 4.69) is 20.5 Å². The number of amides is 1. The molecule has 0 fully saturated rings. The van der Waals surface area contributed by atoms with Gasteiger partial charge >= 0.3 is 0 Å². The number of hydrogen-bond donors (Lipinski definition) is 2. The van der Waals surface area contributed by atoms with E-state index in [1.165, 1.54) is 7.11 Å². The van der Waals surface area contributed by atoms with E-state index in [0.29, 0.717) is 27.8 Å². The molecule has 6 nitrogen and oxygen atoms in total. The Morgan fingerprint density at radius 1 is 1.22 bits per heavy atom. The number of methoxy groups -OCH3 is 1. The van der Waals surface area contributed by atoms with Gasteiger partial charge in [-0.15, -0.1) is 0 Å².